The van der Waals surface area contributed by atoms with Crippen molar-refractivity contribution in [2.45, 2.75) is 25.1 Å². The first-order valence-electron chi connectivity index (χ1n) is 8.04. The Bertz CT molecular complexity index is 720. The second kappa shape index (κ2) is 7.31. The summed E-state index contributed by atoms with van der Waals surface area (Å²) in [6.45, 7) is 1.37. The van der Waals surface area contributed by atoms with Crippen molar-refractivity contribution in [1.29, 1.82) is 0 Å². The van der Waals surface area contributed by atoms with Gasteiger partial charge in [0.2, 0.25) is 6.41 Å². The van der Waals surface area contributed by atoms with Gasteiger partial charge in [0.1, 0.15) is 23.7 Å². The fourth-order valence-corrected chi connectivity index (χ4v) is 3.05. The Morgan fingerprint density at radius 3 is 3.04 bits per heavy atom. The van der Waals surface area contributed by atoms with Gasteiger partial charge in [-0.25, -0.2) is 4.39 Å². The Morgan fingerprint density at radius 2 is 2.25 bits per heavy atom. The van der Waals surface area contributed by atoms with Crippen LogP contribution in [0.15, 0.2) is 35.3 Å². The number of likely N-dealkylation sites (tertiary alicyclic amines) is 1. The number of carbonyl (C=O) groups is 1. The summed E-state index contributed by atoms with van der Waals surface area (Å²) in [7, 11) is 0. The number of aliphatic imine (C=N–C) groups is 1. The fourth-order valence-electron chi connectivity index (χ4n) is 3.05. The van der Waals surface area contributed by atoms with E-state index in [0.717, 1.165) is 31.4 Å². The molecule has 3 rings (SSSR count). The van der Waals surface area contributed by atoms with E-state index in [1.165, 1.54) is 6.08 Å². The summed E-state index contributed by atoms with van der Waals surface area (Å²) in [6.07, 6.45) is 8.41. The monoisotopic (exact) mass is 326 g/mol. The second-order valence-corrected chi connectivity index (χ2v) is 5.91. The molecule has 2 aliphatic rings. The van der Waals surface area contributed by atoms with E-state index in [-0.39, 0.29) is 12.6 Å². The van der Waals surface area contributed by atoms with Crippen LogP contribution in [0.5, 0.6) is 5.75 Å². The van der Waals surface area contributed by atoms with Gasteiger partial charge < -0.3 is 9.64 Å². The topological polar surface area (TPSA) is 41.9 Å². The van der Waals surface area contributed by atoms with E-state index in [9.17, 15) is 9.18 Å². The lowest BCUT2D eigenvalue weighted by molar-refractivity contribution is -0.120. The van der Waals surface area contributed by atoms with Gasteiger partial charge in [0, 0.05) is 17.7 Å². The number of amides is 1. The average Bonchev–Trinajstić information content (AvgIpc) is 2.62. The van der Waals surface area contributed by atoms with Crippen LogP contribution in [0.1, 0.15) is 18.4 Å². The molecule has 0 aromatic heterocycles. The van der Waals surface area contributed by atoms with Gasteiger partial charge in [0.05, 0.1) is 13.1 Å². The van der Waals surface area contributed by atoms with Gasteiger partial charge in [0.15, 0.2) is 0 Å². The second-order valence-electron chi connectivity index (χ2n) is 5.91. The molecule has 5 heteroatoms. The number of nitrogens with zero attached hydrogens (tertiary/aromatic N) is 2. The zero-order chi connectivity index (χ0) is 16.9. The summed E-state index contributed by atoms with van der Waals surface area (Å²) in [5, 5.41) is 0. The first kappa shape index (κ1) is 16.3. The standard InChI is InChI=1S/C19H19FN2O2/c1-2-18-17(10-14(20)11-21-18)16-7-3-4-8-19(16)24-15-6-5-9-22(12-15)13-23/h1,3-4,7-8,10,13-15H,5-6,9,11-12H2. The molecule has 24 heavy (non-hydrogen) atoms. The number of benzene rings is 1. The van der Waals surface area contributed by atoms with E-state index in [0.29, 0.717) is 23.6 Å². The summed E-state index contributed by atoms with van der Waals surface area (Å²) >= 11 is 0. The van der Waals surface area contributed by atoms with Gasteiger partial charge in [-0.3, -0.25) is 9.79 Å². The fraction of sp³-hybridized carbons (Fsp3) is 0.368. The molecule has 0 aliphatic carbocycles. The highest BCUT2D eigenvalue weighted by atomic mass is 19.1. The predicted molar refractivity (Wildman–Crippen MR) is 91.7 cm³/mol. The Kier molecular flexibility index (Phi) is 4.95. The number of hydrogen-bond donors (Lipinski definition) is 0. The van der Waals surface area contributed by atoms with Crippen molar-refractivity contribution in [3.8, 4) is 18.1 Å². The van der Waals surface area contributed by atoms with Crippen molar-refractivity contribution in [3.05, 3.63) is 35.9 Å². The van der Waals surface area contributed by atoms with Gasteiger partial charge in [0.25, 0.3) is 0 Å². The normalized spacial score (nSPS) is 23.8. The zero-order valence-corrected chi connectivity index (χ0v) is 13.3. The highest BCUT2D eigenvalue weighted by molar-refractivity contribution is 6.32. The van der Waals surface area contributed by atoms with Crippen LogP contribution in [0, 0.1) is 12.3 Å². The van der Waals surface area contributed by atoms with Crippen LogP contribution in [-0.4, -0.2) is 48.9 Å². The van der Waals surface area contributed by atoms with Crippen LogP contribution < -0.4 is 4.74 Å². The molecule has 0 N–H and O–H groups in total. The maximum atomic E-state index is 13.8. The SMILES string of the molecule is C#CC1=NCC(F)C=C1c1ccccc1OC1CCCN(C=O)C1. The minimum atomic E-state index is -1.15. The van der Waals surface area contributed by atoms with E-state index in [1.54, 1.807) is 4.90 Å². The van der Waals surface area contributed by atoms with Gasteiger partial charge in [-0.05, 0) is 25.0 Å². The van der Waals surface area contributed by atoms with Crippen LogP contribution >= 0.6 is 0 Å². The Hall–Kier alpha value is -2.61. The molecule has 0 bridgehead atoms. The molecule has 1 amide bonds. The number of terminal acetylenes is 1. The van der Waals surface area contributed by atoms with Crippen LogP contribution in [0.4, 0.5) is 4.39 Å². The first-order valence-corrected chi connectivity index (χ1v) is 8.04. The predicted octanol–water partition coefficient (Wildman–Crippen LogP) is 2.50. The van der Waals surface area contributed by atoms with Gasteiger partial charge in [-0.2, -0.15) is 0 Å². The average molecular weight is 326 g/mol. The quantitative estimate of drug-likeness (QED) is 0.630. The highest BCUT2D eigenvalue weighted by Gasteiger charge is 2.23. The minimum absolute atomic E-state index is 0.0585. The van der Waals surface area contributed by atoms with Crippen molar-refractivity contribution in [1.82, 2.24) is 4.90 Å². The molecule has 124 valence electrons. The molecule has 2 unspecified atom stereocenters. The van der Waals surface area contributed by atoms with Crippen LogP contribution in [-0.2, 0) is 4.79 Å². The highest BCUT2D eigenvalue weighted by Crippen LogP contribution is 2.31. The van der Waals surface area contributed by atoms with Gasteiger partial charge in [-0.15, -0.1) is 6.42 Å². The van der Waals surface area contributed by atoms with Gasteiger partial charge >= 0.3 is 0 Å². The maximum absolute atomic E-state index is 13.8. The van der Waals surface area contributed by atoms with Crippen molar-refractivity contribution >= 4 is 17.7 Å². The van der Waals surface area contributed by atoms with Crippen molar-refractivity contribution in [2.75, 3.05) is 19.6 Å². The summed E-state index contributed by atoms with van der Waals surface area (Å²) in [4.78, 5) is 16.8. The zero-order valence-electron chi connectivity index (χ0n) is 13.3. The molecule has 0 spiro atoms. The molecule has 1 fully saturated rings. The largest absolute Gasteiger partial charge is 0.488 e. The number of ether oxygens (including phenoxy) is 1. The van der Waals surface area contributed by atoms with Crippen LogP contribution in [0.3, 0.4) is 0 Å². The molecule has 0 saturated carbocycles. The lowest BCUT2D eigenvalue weighted by Gasteiger charge is -2.31. The maximum Gasteiger partial charge on any atom is 0.209 e. The summed E-state index contributed by atoms with van der Waals surface area (Å²) in [5.74, 6) is 3.16. The van der Waals surface area contributed by atoms with Crippen molar-refractivity contribution in [2.24, 2.45) is 4.99 Å². The molecule has 1 aromatic rings. The lowest BCUT2D eigenvalue weighted by atomic mass is 9.96. The van der Waals surface area contributed by atoms with E-state index in [4.69, 9.17) is 11.2 Å². The lowest BCUT2D eigenvalue weighted by Crippen LogP contribution is -2.40. The number of halogens is 1. The molecule has 4 nitrogen and oxygen atoms in total. The minimum Gasteiger partial charge on any atom is -0.488 e. The summed E-state index contributed by atoms with van der Waals surface area (Å²) in [5.41, 5.74) is 1.77. The molecule has 0 radical (unpaired) electrons. The number of alkyl halides is 1. The third-order valence-corrected chi connectivity index (χ3v) is 4.19. The van der Waals surface area contributed by atoms with E-state index in [2.05, 4.69) is 10.9 Å². The number of para-hydroxylation sites is 1. The molecule has 1 saturated heterocycles. The number of allylic oxidation sites excluding steroid dienone is 1. The Labute approximate surface area is 141 Å². The number of hydrogen-bond acceptors (Lipinski definition) is 3. The Morgan fingerprint density at radius 1 is 1.42 bits per heavy atom. The van der Waals surface area contributed by atoms with Crippen molar-refractivity contribution < 1.29 is 13.9 Å². The smallest absolute Gasteiger partial charge is 0.209 e. The van der Waals surface area contributed by atoms with E-state index >= 15 is 0 Å². The van der Waals surface area contributed by atoms with E-state index < -0.39 is 6.17 Å². The molecule has 2 aliphatic heterocycles. The molecular formula is C19H19FN2O2. The van der Waals surface area contributed by atoms with Crippen LogP contribution in [0.25, 0.3) is 5.57 Å². The first-order chi connectivity index (χ1) is 11.7. The molecule has 2 atom stereocenters. The third kappa shape index (κ3) is 3.48. The van der Waals surface area contributed by atoms with Gasteiger partial charge in [-0.1, -0.05) is 24.1 Å². The number of rotatable bonds is 4. The summed E-state index contributed by atoms with van der Waals surface area (Å²) in [6, 6.07) is 7.41. The Balaban J connectivity index is 1.87. The molecular weight excluding hydrogens is 307 g/mol. The van der Waals surface area contributed by atoms with E-state index in [1.807, 2.05) is 24.3 Å². The third-order valence-electron chi connectivity index (χ3n) is 4.19. The van der Waals surface area contributed by atoms with Crippen molar-refractivity contribution in [3.63, 3.8) is 0 Å². The number of piperidine rings is 1. The molecule has 2 heterocycles. The summed E-state index contributed by atoms with van der Waals surface area (Å²) < 4.78 is 19.9. The molecule has 1 aromatic carbocycles. The number of carbonyl (C=O) groups excluding carboxylic acids is 1. The number of dihydropyridines is 1. The van der Waals surface area contributed by atoms with Crippen LogP contribution in [0.2, 0.25) is 0 Å².